The molecule has 0 bridgehead atoms. The van der Waals surface area contributed by atoms with E-state index in [-0.39, 0.29) is 30.1 Å². The zero-order valence-corrected chi connectivity index (χ0v) is 18.5. The van der Waals surface area contributed by atoms with Crippen molar-refractivity contribution in [2.24, 2.45) is 17.8 Å². The minimum absolute atomic E-state index is 0.00650. The summed E-state index contributed by atoms with van der Waals surface area (Å²) in [5, 5.41) is 2.76. The minimum atomic E-state index is -0.205. The summed E-state index contributed by atoms with van der Waals surface area (Å²) in [6.07, 6.45) is 9.61. The van der Waals surface area contributed by atoms with Crippen molar-refractivity contribution in [1.29, 1.82) is 0 Å². The Kier molecular flexibility index (Phi) is 6.93. The molecule has 2 amide bonds. The topological polar surface area (TPSA) is 75.7 Å². The molecule has 31 heavy (non-hydrogen) atoms. The van der Waals surface area contributed by atoms with Gasteiger partial charge in [-0.15, -0.1) is 0 Å². The molecule has 2 heterocycles. The lowest BCUT2D eigenvalue weighted by molar-refractivity contribution is -0.137. The number of benzene rings is 1. The van der Waals surface area contributed by atoms with Crippen LogP contribution in [0.5, 0.6) is 5.75 Å². The maximum atomic E-state index is 13.2. The van der Waals surface area contributed by atoms with E-state index in [1.54, 1.807) is 18.2 Å². The molecule has 1 N–H and O–H groups in total. The Hall–Kier alpha value is -2.37. The van der Waals surface area contributed by atoms with Crippen LogP contribution in [0.3, 0.4) is 0 Å². The SMILES string of the molecule is CCCC(CC1CCCC1)C(=O)N1CCC(C(=O)c2ccc3c(c2)NC(=O)CO3)CC1. The lowest BCUT2D eigenvalue weighted by Crippen LogP contribution is -2.43. The quantitative estimate of drug-likeness (QED) is 0.654. The van der Waals surface area contributed by atoms with E-state index in [2.05, 4.69) is 12.2 Å². The van der Waals surface area contributed by atoms with Crippen LogP contribution in [0.15, 0.2) is 18.2 Å². The largest absolute Gasteiger partial charge is 0.482 e. The Labute approximate surface area is 184 Å². The normalized spacial score (nSPS) is 20.7. The summed E-state index contributed by atoms with van der Waals surface area (Å²) >= 11 is 0. The predicted octanol–water partition coefficient (Wildman–Crippen LogP) is 4.44. The number of amides is 2. The average molecular weight is 427 g/mol. The van der Waals surface area contributed by atoms with Gasteiger partial charge in [0, 0.05) is 30.5 Å². The smallest absolute Gasteiger partial charge is 0.262 e. The number of fused-ring (bicyclic) bond motifs is 1. The van der Waals surface area contributed by atoms with Gasteiger partial charge in [0.05, 0.1) is 5.69 Å². The van der Waals surface area contributed by atoms with Gasteiger partial charge in [-0.3, -0.25) is 14.4 Å². The molecule has 1 atom stereocenters. The third-order valence-electron chi connectivity index (χ3n) is 7.15. The van der Waals surface area contributed by atoms with Gasteiger partial charge >= 0.3 is 0 Å². The van der Waals surface area contributed by atoms with Gasteiger partial charge < -0.3 is 15.0 Å². The third-order valence-corrected chi connectivity index (χ3v) is 7.15. The zero-order valence-electron chi connectivity index (χ0n) is 18.5. The van der Waals surface area contributed by atoms with Gasteiger partial charge in [0.2, 0.25) is 5.91 Å². The van der Waals surface area contributed by atoms with E-state index >= 15 is 0 Å². The third kappa shape index (κ3) is 5.10. The maximum Gasteiger partial charge on any atom is 0.262 e. The van der Waals surface area contributed by atoms with Crippen molar-refractivity contribution in [1.82, 2.24) is 4.90 Å². The van der Waals surface area contributed by atoms with Crippen molar-refractivity contribution in [2.75, 3.05) is 25.0 Å². The van der Waals surface area contributed by atoms with Gasteiger partial charge in [0.15, 0.2) is 12.4 Å². The summed E-state index contributed by atoms with van der Waals surface area (Å²) in [6.45, 7) is 3.48. The summed E-state index contributed by atoms with van der Waals surface area (Å²) in [7, 11) is 0. The number of ether oxygens (including phenoxy) is 1. The van der Waals surface area contributed by atoms with E-state index in [0.29, 0.717) is 54.8 Å². The van der Waals surface area contributed by atoms with Gasteiger partial charge in [-0.1, -0.05) is 39.0 Å². The number of piperidine rings is 1. The first-order chi connectivity index (χ1) is 15.0. The van der Waals surface area contributed by atoms with Crippen molar-refractivity contribution >= 4 is 23.3 Å². The van der Waals surface area contributed by atoms with Gasteiger partial charge in [-0.25, -0.2) is 0 Å². The van der Waals surface area contributed by atoms with Crippen LogP contribution in [0.25, 0.3) is 0 Å². The van der Waals surface area contributed by atoms with E-state index in [0.717, 1.165) is 19.3 Å². The molecule has 4 rings (SSSR count). The average Bonchev–Trinajstić information content (AvgIpc) is 3.30. The Morgan fingerprint density at radius 3 is 2.61 bits per heavy atom. The fraction of sp³-hybridized carbons (Fsp3) is 0.640. The Balaban J connectivity index is 1.34. The first-order valence-electron chi connectivity index (χ1n) is 11.9. The van der Waals surface area contributed by atoms with Crippen LogP contribution in [-0.2, 0) is 9.59 Å². The molecule has 1 saturated heterocycles. The van der Waals surface area contributed by atoms with Gasteiger partial charge in [0.25, 0.3) is 5.91 Å². The number of nitrogens with zero attached hydrogens (tertiary/aromatic N) is 1. The van der Waals surface area contributed by atoms with Crippen LogP contribution in [0.2, 0.25) is 0 Å². The van der Waals surface area contributed by atoms with Gasteiger partial charge in [-0.05, 0) is 49.8 Å². The molecule has 2 aliphatic heterocycles. The number of hydrogen-bond acceptors (Lipinski definition) is 4. The number of likely N-dealkylation sites (tertiary alicyclic amines) is 1. The molecule has 6 nitrogen and oxygen atoms in total. The van der Waals surface area contributed by atoms with Crippen molar-refractivity contribution in [3.8, 4) is 5.75 Å². The molecular weight excluding hydrogens is 392 g/mol. The van der Waals surface area contributed by atoms with Crippen LogP contribution < -0.4 is 10.1 Å². The summed E-state index contributed by atoms with van der Waals surface area (Å²) in [6, 6.07) is 5.24. The number of nitrogens with one attached hydrogen (secondary N) is 1. The van der Waals surface area contributed by atoms with E-state index in [9.17, 15) is 14.4 Å². The van der Waals surface area contributed by atoms with Crippen molar-refractivity contribution in [2.45, 2.75) is 64.7 Å². The van der Waals surface area contributed by atoms with E-state index in [4.69, 9.17) is 4.74 Å². The molecule has 168 valence electrons. The lowest BCUT2D eigenvalue weighted by atomic mass is 9.86. The molecule has 6 heteroatoms. The number of carbonyl (C=O) groups is 3. The molecule has 0 radical (unpaired) electrons. The molecule has 1 aliphatic carbocycles. The van der Waals surface area contributed by atoms with Crippen LogP contribution in [-0.4, -0.2) is 42.2 Å². The monoisotopic (exact) mass is 426 g/mol. The van der Waals surface area contributed by atoms with E-state index in [1.807, 2.05) is 4.90 Å². The first kappa shape index (κ1) is 21.8. The van der Waals surface area contributed by atoms with Crippen molar-refractivity contribution in [3.63, 3.8) is 0 Å². The van der Waals surface area contributed by atoms with Crippen molar-refractivity contribution < 1.29 is 19.1 Å². The molecule has 1 saturated carbocycles. The molecular formula is C25H34N2O4. The summed E-state index contributed by atoms with van der Waals surface area (Å²) < 4.78 is 5.38. The fourth-order valence-corrected chi connectivity index (χ4v) is 5.43. The second-order valence-corrected chi connectivity index (χ2v) is 9.38. The standard InChI is InChI=1S/C25H34N2O4/c1-2-5-20(14-17-6-3-4-7-17)25(30)27-12-10-18(11-13-27)24(29)19-8-9-22-21(15-19)26-23(28)16-31-22/h8-9,15,17-18,20H,2-7,10-14,16H2,1H3,(H,26,28). The molecule has 1 aromatic rings. The predicted molar refractivity (Wildman–Crippen MR) is 119 cm³/mol. The van der Waals surface area contributed by atoms with Crippen LogP contribution in [0.4, 0.5) is 5.69 Å². The summed E-state index contributed by atoms with van der Waals surface area (Å²) in [5.41, 5.74) is 1.16. The number of rotatable bonds is 7. The number of anilines is 1. The van der Waals surface area contributed by atoms with Crippen LogP contribution >= 0.6 is 0 Å². The molecule has 0 spiro atoms. The minimum Gasteiger partial charge on any atom is -0.482 e. The lowest BCUT2D eigenvalue weighted by Gasteiger charge is -2.34. The first-order valence-corrected chi connectivity index (χ1v) is 11.9. The van der Waals surface area contributed by atoms with Gasteiger partial charge in [0.1, 0.15) is 5.75 Å². The number of ketones is 1. The van der Waals surface area contributed by atoms with E-state index in [1.165, 1.54) is 25.7 Å². The molecule has 1 unspecified atom stereocenters. The maximum absolute atomic E-state index is 13.2. The fourth-order valence-electron chi connectivity index (χ4n) is 5.43. The Morgan fingerprint density at radius 1 is 1.16 bits per heavy atom. The van der Waals surface area contributed by atoms with Gasteiger partial charge in [-0.2, -0.15) is 0 Å². The highest BCUT2D eigenvalue weighted by Gasteiger charge is 2.32. The highest BCUT2D eigenvalue weighted by molar-refractivity contribution is 6.01. The number of hydrogen-bond donors (Lipinski definition) is 1. The number of carbonyl (C=O) groups excluding carboxylic acids is 3. The van der Waals surface area contributed by atoms with Crippen molar-refractivity contribution in [3.05, 3.63) is 23.8 Å². The second-order valence-electron chi connectivity index (χ2n) is 9.38. The summed E-state index contributed by atoms with van der Waals surface area (Å²) in [4.78, 5) is 39.8. The molecule has 0 aromatic heterocycles. The van der Waals surface area contributed by atoms with E-state index < -0.39 is 0 Å². The molecule has 1 aromatic carbocycles. The van der Waals surface area contributed by atoms with Crippen LogP contribution in [0, 0.1) is 17.8 Å². The second kappa shape index (κ2) is 9.84. The highest BCUT2D eigenvalue weighted by atomic mass is 16.5. The Bertz CT molecular complexity index is 823. The Morgan fingerprint density at radius 2 is 1.90 bits per heavy atom. The zero-order chi connectivity index (χ0) is 21.8. The highest BCUT2D eigenvalue weighted by Crippen LogP contribution is 2.34. The van der Waals surface area contributed by atoms with Crippen LogP contribution in [0.1, 0.15) is 75.1 Å². The molecule has 3 aliphatic rings. The summed E-state index contributed by atoms with van der Waals surface area (Å²) in [5.74, 6) is 1.56. The molecule has 2 fully saturated rings. The number of Topliss-reactive ketones (excluding diaryl/α,β-unsaturated/α-hetero) is 1.